The van der Waals surface area contributed by atoms with Crippen molar-refractivity contribution < 1.29 is 31.5 Å². The Bertz CT molecular complexity index is 719. The quantitative estimate of drug-likeness (QED) is 0.566. The van der Waals surface area contributed by atoms with E-state index in [0.29, 0.717) is 22.3 Å². The van der Waals surface area contributed by atoms with E-state index in [2.05, 4.69) is 5.32 Å². The van der Waals surface area contributed by atoms with Gasteiger partial charge in [0.2, 0.25) is 0 Å². The van der Waals surface area contributed by atoms with Crippen LogP contribution >= 0.6 is 11.8 Å². The van der Waals surface area contributed by atoms with Crippen molar-refractivity contribution >= 4 is 23.4 Å². The van der Waals surface area contributed by atoms with Crippen LogP contribution in [-0.2, 0) is 11.0 Å². The third kappa shape index (κ3) is 6.26. The summed E-state index contributed by atoms with van der Waals surface area (Å²) in [6, 6.07) is 9.88. The Morgan fingerprint density at radius 3 is 2.40 bits per heavy atom. The average molecular weight is 377 g/mol. The summed E-state index contributed by atoms with van der Waals surface area (Å²) in [6.45, 7) is -0.491. The van der Waals surface area contributed by atoms with Gasteiger partial charge < -0.3 is 10.1 Å². The summed E-state index contributed by atoms with van der Waals surface area (Å²) in [5.74, 6) is -3.22. The number of benzene rings is 2. The highest BCUT2D eigenvalue weighted by Crippen LogP contribution is 2.31. The van der Waals surface area contributed by atoms with Gasteiger partial charge in [0, 0.05) is 10.6 Å². The number of rotatable bonds is 6. The fourth-order valence-corrected chi connectivity index (χ4v) is 2.33. The van der Waals surface area contributed by atoms with Crippen LogP contribution in [0.2, 0.25) is 0 Å². The molecular formula is C16H12F5NO2S. The number of hydrogen-bond acceptors (Lipinski definition) is 3. The van der Waals surface area contributed by atoms with Gasteiger partial charge in [-0.25, -0.2) is 0 Å². The van der Waals surface area contributed by atoms with Crippen molar-refractivity contribution in [2.75, 3.05) is 11.9 Å². The molecule has 2 aromatic carbocycles. The monoisotopic (exact) mass is 377 g/mol. The number of thioether (sulfide) groups is 1. The van der Waals surface area contributed by atoms with E-state index >= 15 is 0 Å². The minimum Gasteiger partial charge on any atom is -0.484 e. The first-order valence-electron chi connectivity index (χ1n) is 6.89. The molecule has 0 fully saturated rings. The van der Waals surface area contributed by atoms with E-state index in [1.807, 2.05) is 0 Å². The lowest BCUT2D eigenvalue weighted by atomic mass is 10.2. The number of nitrogens with one attached hydrogen (secondary N) is 1. The number of anilines is 1. The maximum Gasteiger partial charge on any atom is 0.416 e. The molecule has 0 aliphatic carbocycles. The van der Waals surface area contributed by atoms with Crippen LogP contribution in [0.25, 0.3) is 0 Å². The Kier molecular flexibility index (Phi) is 6.24. The Hall–Kier alpha value is -2.29. The van der Waals surface area contributed by atoms with Gasteiger partial charge in [-0.1, -0.05) is 17.8 Å². The van der Waals surface area contributed by atoms with Gasteiger partial charge in [0.1, 0.15) is 5.75 Å². The topological polar surface area (TPSA) is 38.3 Å². The maximum absolute atomic E-state index is 12.6. The number of carbonyl (C=O) groups is 1. The highest BCUT2D eigenvalue weighted by molar-refractivity contribution is 7.99. The molecule has 2 aromatic rings. The van der Waals surface area contributed by atoms with Crippen LogP contribution < -0.4 is 10.1 Å². The predicted molar refractivity (Wildman–Crippen MR) is 83.9 cm³/mol. The molecule has 0 aliphatic rings. The Morgan fingerprint density at radius 2 is 1.80 bits per heavy atom. The molecule has 3 nitrogen and oxygen atoms in total. The van der Waals surface area contributed by atoms with Crippen molar-refractivity contribution in [1.29, 1.82) is 0 Å². The molecule has 0 aliphatic heterocycles. The van der Waals surface area contributed by atoms with E-state index in [1.54, 1.807) is 0 Å². The van der Waals surface area contributed by atoms with E-state index in [9.17, 15) is 26.7 Å². The second-order valence-corrected chi connectivity index (χ2v) is 5.83. The molecule has 0 atom stereocenters. The number of amides is 1. The summed E-state index contributed by atoms with van der Waals surface area (Å²) >= 11 is 0.374. The standard InChI is InChI=1S/C16H12F5NO2S/c17-15(18)25-13-6-4-11(5-7-13)22-14(23)9-24-12-3-1-2-10(8-12)16(19,20)21/h1-8,15H,9H2,(H,22,23). The Balaban J connectivity index is 1.88. The van der Waals surface area contributed by atoms with Gasteiger partial charge in [0.25, 0.3) is 11.7 Å². The number of ether oxygens (including phenoxy) is 1. The largest absolute Gasteiger partial charge is 0.484 e. The maximum atomic E-state index is 12.6. The van der Waals surface area contributed by atoms with Crippen LogP contribution in [0, 0.1) is 0 Å². The molecule has 1 N–H and O–H groups in total. The normalized spacial score (nSPS) is 11.4. The summed E-state index contributed by atoms with van der Waals surface area (Å²) < 4.78 is 67.2. The zero-order valence-electron chi connectivity index (χ0n) is 12.5. The van der Waals surface area contributed by atoms with Gasteiger partial charge >= 0.3 is 6.18 Å². The third-order valence-electron chi connectivity index (χ3n) is 2.89. The van der Waals surface area contributed by atoms with Crippen molar-refractivity contribution in [2.24, 2.45) is 0 Å². The van der Waals surface area contributed by atoms with E-state index in [1.165, 1.54) is 36.4 Å². The lowest BCUT2D eigenvalue weighted by Gasteiger charge is -2.10. The summed E-state index contributed by atoms with van der Waals surface area (Å²) in [4.78, 5) is 12.1. The van der Waals surface area contributed by atoms with E-state index in [0.717, 1.165) is 12.1 Å². The van der Waals surface area contributed by atoms with Crippen molar-refractivity contribution in [2.45, 2.75) is 16.8 Å². The number of carbonyl (C=O) groups excluding carboxylic acids is 1. The second kappa shape index (κ2) is 8.19. The fourth-order valence-electron chi connectivity index (χ4n) is 1.83. The summed E-state index contributed by atoms with van der Waals surface area (Å²) in [5.41, 5.74) is -0.520. The molecule has 0 aromatic heterocycles. The molecule has 2 rings (SSSR count). The molecule has 0 bridgehead atoms. The molecule has 0 unspecified atom stereocenters. The average Bonchev–Trinajstić information content (AvgIpc) is 2.54. The predicted octanol–water partition coefficient (Wildman–Crippen LogP) is 5.04. The first kappa shape index (κ1) is 19.0. The van der Waals surface area contributed by atoms with Crippen LogP contribution in [0.15, 0.2) is 53.4 Å². The molecule has 0 saturated carbocycles. The van der Waals surface area contributed by atoms with Crippen molar-refractivity contribution in [3.63, 3.8) is 0 Å². The minimum absolute atomic E-state index is 0.0892. The van der Waals surface area contributed by atoms with Gasteiger partial charge in [0.15, 0.2) is 6.61 Å². The second-order valence-electron chi connectivity index (χ2n) is 4.77. The van der Waals surface area contributed by atoms with Crippen LogP contribution in [0.4, 0.5) is 27.6 Å². The molecule has 0 radical (unpaired) electrons. The Morgan fingerprint density at radius 1 is 1.12 bits per heavy atom. The molecule has 1 amide bonds. The molecule has 0 spiro atoms. The summed E-state index contributed by atoms with van der Waals surface area (Å²) in [6.07, 6.45) is -4.50. The van der Waals surface area contributed by atoms with Crippen LogP contribution in [0.1, 0.15) is 5.56 Å². The van der Waals surface area contributed by atoms with Gasteiger partial charge in [-0.3, -0.25) is 4.79 Å². The van der Waals surface area contributed by atoms with Crippen molar-refractivity contribution in [3.8, 4) is 5.75 Å². The van der Waals surface area contributed by atoms with Crippen molar-refractivity contribution in [1.82, 2.24) is 0 Å². The van der Waals surface area contributed by atoms with E-state index in [-0.39, 0.29) is 5.75 Å². The van der Waals surface area contributed by atoms with Crippen LogP contribution in [0.5, 0.6) is 5.75 Å². The van der Waals surface area contributed by atoms with Crippen LogP contribution in [0.3, 0.4) is 0 Å². The van der Waals surface area contributed by atoms with Gasteiger partial charge in [-0.05, 0) is 42.5 Å². The zero-order valence-corrected chi connectivity index (χ0v) is 13.3. The minimum atomic E-state index is -4.50. The molecule has 134 valence electrons. The van der Waals surface area contributed by atoms with Gasteiger partial charge in [-0.15, -0.1) is 0 Å². The number of alkyl halides is 5. The lowest BCUT2D eigenvalue weighted by molar-refractivity contribution is -0.137. The van der Waals surface area contributed by atoms with Crippen LogP contribution in [-0.4, -0.2) is 18.3 Å². The smallest absolute Gasteiger partial charge is 0.416 e. The number of hydrogen-bond donors (Lipinski definition) is 1. The highest BCUT2D eigenvalue weighted by atomic mass is 32.2. The van der Waals surface area contributed by atoms with E-state index < -0.39 is 30.0 Å². The van der Waals surface area contributed by atoms with Crippen molar-refractivity contribution in [3.05, 3.63) is 54.1 Å². The fraction of sp³-hybridized carbons (Fsp3) is 0.188. The molecule has 0 heterocycles. The summed E-state index contributed by atoms with van der Waals surface area (Å²) in [5, 5.41) is 2.45. The third-order valence-corrected chi connectivity index (χ3v) is 3.62. The van der Waals surface area contributed by atoms with Gasteiger partial charge in [-0.2, -0.15) is 22.0 Å². The first-order chi connectivity index (χ1) is 11.7. The van der Waals surface area contributed by atoms with E-state index in [4.69, 9.17) is 4.74 Å². The number of halogens is 5. The highest BCUT2D eigenvalue weighted by Gasteiger charge is 2.30. The Labute approximate surface area is 144 Å². The van der Waals surface area contributed by atoms with Gasteiger partial charge in [0.05, 0.1) is 5.56 Å². The SMILES string of the molecule is O=C(COc1cccc(C(F)(F)F)c1)Nc1ccc(SC(F)F)cc1. The summed E-state index contributed by atoms with van der Waals surface area (Å²) in [7, 11) is 0. The molecular weight excluding hydrogens is 365 g/mol. The lowest BCUT2D eigenvalue weighted by Crippen LogP contribution is -2.20. The zero-order chi connectivity index (χ0) is 18.4. The molecule has 25 heavy (non-hydrogen) atoms. The molecule has 0 saturated heterocycles. The first-order valence-corrected chi connectivity index (χ1v) is 7.77. The molecule has 9 heteroatoms.